The number of carbonyl (C=O) groups is 1. The van der Waals surface area contributed by atoms with E-state index in [2.05, 4.69) is 4.84 Å². The zero-order valence-electron chi connectivity index (χ0n) is 4.79. The van der Waals surface area contributed by atoms with Gasteiger partial charge < -0.3 is 4.84 Å². The molecule has 0 aliphatic rings. The van der Waals surface area contributed by atoms with E-state index in [0.717, 1.165) is 0 Å². The zero-order valence-corrected chi connectivity index (χ0v) is 5.68. The van der Waals surface area contributed by atoms with Crippen molar-refractivity contribution in [3.05, 3.63) is 0 Å². The molecule has 0 amide bonds. The molecule has 0 unspecified atom stereocenters. The Labute approximate surface area is 54.0 Å². The van der Waals surface area contributed by atoms with E-state index < -0.39 is 16.9 Å². The van der Waals surface area contributed by atoms with E-state index in [0.29, 0.717) is 0 Å². The molecule has 54 valence electrons. The molecule has 0 bridgehead atoms. The molecule has 0 saturated heterocycles. The molecule has 6 heteroatoms. The van der Waals surface area contributed by atoms with Gasteiger partial charge >= 0.3 is 5.97 Å². The molecule has 0 aliphatic carbocycles. The Morgan fingerprint density at radius 3 is 2.56 bits per heavy atom. The lowest BCUT2D eigenvalue weighted by atomic mass is 10.5. The smallest absolute Gasteiger partial charge is 0.325 e. The van der Waals surface area contributed by atoms with Gasteiger partial charge in [-0.1, -0.05) is 6.92 Å². The monoisotopic (exact) mass is 153 g/mol. The molecule has 0 aliphatic heterocycles. The van der Waals surface area contributed by atoms with Gasteiger partial charge in [-0.2, -0.15) is 0 Å². The van der Waals surface area contributed by atoms with Gasteiger partial charge in [0.2, 0.25) is 10.9 Å². The number of hydrogen-bond donors (Lipinski definition) is 2. The SMILES string of the molecule is CCC(=O)ON[SH](=O)=O. The maximum absolute atomic E-state index is 10.2. The van der Waals surface area contributed by atoms with Crippen molar-refractivity contribution in [3.63, 3.8) is 0 Å². The van der Waals surface area contributed by atoms with Gasteiger partial charge in [0, 0.05) is 6.42 Å². The van der Waals surface area contributed by atoms with Crippen LogP contribution in [0.4, 0.5) is 0 Å². The van der Waals surface area contributed by atoms with Gasteiger partial charge in [-0.25, -0.2) is 8.42 Å². The van der Waals surface area contributed by atoms with Crippen LogP contribution in [0.1, 0.15) is 13.3 Å². The fraction of sp³-hybridized carbons (Fsp3) is 0.667. The van der Waals surface area contributed by atoms with E-state index in [9.17, 15) is 13.2 Å². The minimum Gasteiger partial charge on any atom is -0.356 e. The van der Waals surface area contributed by atoms with Crippen LogP contribution in [0.25, 0.3) is 0 Å². The first-order valence-electron chi connectivity index (χ1n) is 2.26. The highest BCUT2D eigenvalue weighted by atomic mass is 32.2. The number of thiol groups is 1. The molecule has 0 saturated carbocycles. The highest BCUT2D eigenvalue weighted by Gasteiger charge is 1.95. The predicted molar refractivity (Wildman–Crippen MR) is 29.8 cm³/mol. The van der Waals surface area contributed by atoms with Gasteiger partial charge in [-0.3, -0.25) is 4.79 Å². The molecule has 0 atom stereocenters. The number of carbonyl (C=O) groups excluding carboxylic acids is 1. The first-order valence-corrected chi connectivity index (χ1v) is 3.44. The van der Waals surface area contributed by atoms with Gasteiger partial charge in [-0.15, -0.1) is 0 Å². The quantitative estimate of drug-likeness (QED) is 0.401. The lowest BCUT2D eigenvalue weighted by Crippen LogP contribution is -2.16. The van der Waals surface area contributed by atoms with Crippen LogP contribution in [0.15, 0.2) is 0 Å². The van der Waals surface area contributed by atoms with Crippen molar-refractivity contribution in [2.75, 3.05) is 0 Å². The predicted octanol–water partition coefficient (Wildman–Crippen LogP) is -1.03. The van der Waals surface area contributed by atoms with Crippen molar-refractivity contribution in [2.24, 2.45) is 0 Å². The molecule has 0 aromatic carbocycles. The molecular formula is C3H7NO4S. The van der Waals surface area contributed by atoms with E-state index in [4.69, 9.17) is 0 Å². The molecule has 0 radical (unpaired) electrons. The minimum atomic E-state index is -2.83. The van der Waals surface area contributed by atoms with Gasteiger partial charge in [0.15, 0.2) is 0 Å². The fourth-order valence-electron chi connectivity index (χ4n) is 0.160. The van der Waals surface area contributed by atoms with Crippen molar-refractivity contribution in [3.8, 4) is 0 Å². The average Bonchev–Trinajstić information content (AvgIpc) is 1.83. The molecule has 1 N–H and O–H groups in total. The second kappa shape index (κ2) is 4.28. The molecule has 5 nitrogen and oxygen atoms in total. The molecular weight excluding hydrogens is 146 g/mol. The van der Waals surface area contributed by atoms with Crippen molar-refractivity contribution >= 4 is 16.9 Å². The van der Waals surface area contributed by atoms with Gasteiger partial charge in [0.05, 0.1) is 0 Å². The average molecular weight is 153 g/mol. The normalized spacial score (nSPS) is 9.56. The van der Waals surface area contributed by atoms with E-state index in [1.165, 1.54) is 4.89 Å². The van der Waals surface area contributed by atoms with Crippen LogP contribution in [0, 0.1) is 0 Å². The molecule has 0 aromatic heterocycles. The third-order valence-electron chi connectivity index (χ3n) is 0.523. The lowest BCUT2D eigenvalue weighted by Gasteiger charge is -1.93. The summed E-state index contributed by atoms with van der Waals surface area (Å²) in [6, 6.07) is 0. The van der Waals surface area contributed by atoms with Crippen LogP contribution in [0.5, 0.6) is 0 Å². The molecule has 0 aromatic rings. The van der Waals surface area contributed by atoms with Crippen LogP contribution in [0.2, 0.25) is 0 Å². The zero-order chi connectivity index (χ0) is 7.28. The second-order valence-electron chi connectivity index (χ2n) is 1.18. The van der Waals surface area contributed by atoms with Gasteiger partial charge in [-0.05, 0) is 4.89 Å². The number of nitrogens with one attached hydrogen (secondary N) is 1. The summed E-state index contributed by atoms with van der Waals surface area (Å²) in [7, 11) is -2.83. The summed E-state index contributed by atoms with van der Waals surface area (Å²) < 4.78 is 19.3. The van der Waals surface area contributed by atoms with E-state index in [-0.39, 0.29) is 6.42 Å². The van der Waals surface area contributed by atoms with Crippen molar-refractivity contribution in [1.82, 2.24) is 4.89 Å². The van der Waals surface area contributed by atoms with E-state index in [1.807, 2.05) is 0 Å². The van der Waals surface area contributed by atoms with Gasteiger partial charge in [0.1, 0.15) is 0 Å². The number of hydrogen-bond acceptors (Lipinski definition) is 4. The second-order valence-corrected chi connectivity index (χ2v) is 1.87. The van der Waals surface area contributed by atoms with E-state index >= 15 is 0 Å². The lowest BCUT2D eigenvalue weighted by molar-refractivity contribution is -0.146. The van der Waals surface area contributed by atoms with Crippen molar-refractivity contribution < 1.29 is 18.0 Å². The molecule has 0 spiro atoms. The first kappa shape index (κ1) is 8.38. The summed E-state index contributed by atoms with van der Waals surface area (Å²) in [4.78, 5) is 15.6. The highest BCUT2D eigenvalue weighted by molar-refractivity contribution is 7.70. The summed E-state index contributed by atoms with van der Waals surface area (Å²) in [5, 5.41) is 0. The fourth-order valence-corrected chi connectivity index (χ4v) is 0.337. The molecule has 0 fully saturated rings. The summed E-state index contributed by atoms with van der Waals surface area (Å²) in [6.07, 6.45) is 0.149. The van der Waals surface area contributed by atoms with Crippen molar-refractivity contribution in [1.29, 1.82) is 0 Å². The molecule has 0 heterocycles. The largest absolute Gasteiger partial charge is 0.356 e. The Hall–Kier alpha value is -0.620. The maximum atomic E-state index is 10.2. The Bertz CT molecular complexity index is 155. The Kier molecular flexibility index (Phi) is 3.98. The summed E-state index contributed by atoms with van der Waals surface area (Å²) in [6.45, 7) is 1.56. The van der Waals surface area contributed by atoms with Gasteiger partial charge in [0.25, 0.3) is 0 Å². The molecule has 0 rings (SSSR count). The third kappa shape index (κ3) is 5.25. The van der Waals surface area contributed by atoms with E-state index in [1.54, 1.807) is 6.92 Å². The van der Waals surface area contributed by atoms with Crippen LogP contribution in [0.3, 0.4) is 0 Å². The Morgan fingerprint density at radius 1 is 1.67 bits per heavy atom. The Morgan fingerprint density at radius 2 is 2.22 bits per heavy atom. The summed E-state index contributed by atoms with van der Waals surface area (Å²) in [5.74, 6) is -0.603. The van der Waals surface area contributed by atoms with Crippen LogP contribution >= 0.6 is 0 Å². The topological polar surface area (TPSA) is 72.5 Å². The minimum absolute atomic E-state index is 0.149. The maximum Gasteiger partial charge on any atom is 0.325 e. The van der Waals surface area contributed by atoms with Crippen LogP contribution in [-0.2, 0) is 20.5 Å². The molecule has 9 heavy (non-hydrogen) atoms. The van der Waals surface area contributed by atoms with Crippen LogP contribution < -0.4 is 4.89 Å². The standard InChI is InChI=1S/C3H7NO4S/c1-2-3(5)8-4-9(6)7/h9H,2H2,1H3,(H,4,6,7). The third-order valence-corrected chi connectivity index (χ3v) is 0.763. The highest BCUT2D eigenvalue weighted by Crippen LogP contribution is 1.77. The Balaban J connectivity index is 3.39. The summed E-state index contributed by atoms with van der Waals surface area (Å²) in [5.41, 5.74) is 0. The van der Waals surface area contributed by atoms with Crippen molar-refractivity contribution in [2.45, 2.75) is 13.3 Å². The summed E-state index contributed by atoms with van der Waals surface area (Å²) >= 11 is 0. The number of rotatable bonds is 3. The van der Waals surface area contributed by atoms with Crippen LogP contribution in [-0.4, -0.2) is 14.4 Å². The first-order chi connectivity index (χ1) is 4.16.